The van der Waals surface area contributed by atoms with Gasteiger partial charge in [-0.3, -0.25) is 0 Å². The van der Waals surface area contributed by atoms with E-state index in [1.807, 2.05) is 17.1 Å². The van der Waals surface area contributed by atoms with E-state index in [9.17, 15) is 0 Å². The zero-order chi connectivity index (χ0) is 5.82. The number of nitrogens with zero attached hydrogens (tertiary/aromatic N) is 2. The molecule has 0 saturated heterocycles. The molecule has 0 bridgehead atoms. The summed E-state index contributed by atoms with van der Waals surface area (Å²) in [6.45, 7) is 1.05. The Morgan fingerprint density at radius 1 is 1.62 bits per heavy atom. The van der Waals surface area contributed by atoms with Gasteiger partial charge in [-0.25, -0.2) is 4.98 Å². The van der Waals surface area contributed by atoms with Crippen molar-refractivity contribution < 1.29 is 0 Å². The first-order chi connectivity index (χ1) is 3.93. The van der Waals surface area contributed by atoms with Crippen LogP contribution in [0.2, 0.25) is 0 Å². The van der Waals surface area contributed by atoms with Gasteiger partial charge < -0.3 is 4.57 Å². The summed E-state index contributed by atoms with van der Waals surface area (Å²) < 4.78 is 2.05. The molecule has 44 valence electrons. The first-order valence-electron chi connectivity index (χ1n) is 2.59. The van der Waals surface area contributed by atoms with E-state index >= 15 is 0 Å². The molecule has 1 aromatic heterocycles. The van der Waals surface area contributed by atoms with Crippen molar-refractivity contribution in [3.63, 3.8) is 0 Å². The van der Waals surface area contributed by atoms with E-state index in [1.54, 1.807) is 6.20 Å². The first-order valence-corrected chi connectivity index (χ1v) is 3.41. The van der Waals surface area contributed by atoms with Gasteiger partial charge >= 0.3 is 0 Å². The van der Waals surface area contributed by atoms with Crippen molar-refractivity contribution in [2.45, 2.75) is 6.54 Å². The molecule has 0 saturated carbocycles. The molecule has 1 aromatic rings. The Kier molecular flexibility index (Phi) is 2.04. The number of rotatable bonds is 2. The molecule has 0 aliphatic carbocycles. The highest BCUT2D eigenvalue weighted by atomic mass is 31.0. The molecule has 0 aromatic carbocycles. The molecular formula is C5H9N2P. The van der Waals surface area contributed by atoms with E-state index in [-0.39, 0.29) is 0 Å². The number of imidazole rings is 1. The largest absolute Gasteiger partial charge is 0.337 e. The van der Waals surface area contributed by atoms with Gasteiger partial charge in [0.1, 0.15) is 0 Å². The number of hydrogen-bond acceptors (Lipinski definition) is 1. The van der Waals surface area contributed by atoms with Gasteiger partial charge in [-0.15, -0.1) is 9.24 Å². The summed E-state index contributed by atoms with van der Waals surface area (Å²) in [6.07, 6.45) is 6.67. The fraction of sp³-hybridized carbons (Fsp3) is 0.400. The van der Waals surface area contributed by atoms with E-state index < -0.39 is 0 Å². The zero-order valence-corrected chi connectivity index (χ0v) is 5.77. The van der Waals surface area contributed by atoms with Crippen LogP contribution in [0.1, 0.15) is 0 Å². The fourth-order valence-electron chi connectivity index (χ4n) is 0.568. The van der Waals surface area contributed by atoms with Gasteiger partial charge in [0.25, 0.3) is 0 Å². The lowest BCUT2D eigenvalue weighted by molar-refractivity contribution is 0.770. The Morgan fingerprint density at radius 2 is 2.50 bits per heavy atom. The van der Waals surface area contributed by atoms with Crippen molar-refractivity contribution >= 4 is 9.24 Å². The van der Waals surface area contributed by atoms with Gasteiger partial charge in [-0.1, -0.05) is 0 Å². The summed E-state index contributed by atoms with van der Waals surface area (Å²) >= 11 is 0. The second kappa shape index (κ2) is 2.83. The van der Waals surface area contributed by atoms with Crippen LogP contribution in [0.15, 0.2) is 18.7 Å². The molecule has 0 fully saturated rings. The molecule has 0 amide bonds. The molecule has 1 unspecified atom stereocenters. The molecule has 0 aliphatic rings. The Labute approximate surface area is 51.1 Å². The molecule has 1 heterocycles. The van der Waals surface area contributed by atoms with E-state index in [1.165, 1.54) is 0 Å². The van der Waals surface area contributed by atoms with Gasteiger partial charge in [0.15, 0.2) is 0 Å². The monoisotopic (exact) mass is 128 g/mol. The third-order valence-corrected chi connectivity index (χ3v) is 1.20. The summed E-state index contributed by atoms with van der Waals surface area (Å²) in [6, 6.07) is 0. The molecule has 0 N–H and O–H groups in total. The Hall–Kier alpha value is -0.360. The molecule has 1 atom stereocenters. The zero-order valence-electron chi connectivity index (χ0n) is 4.62. The van der Waals surface area contributed by atoms with Crippen LogP contribution in [-0.2, 0) is 6.54 Å². The SMILES string of the molecule is PCCn1ccnc1. The van der Waals surface area contributed by atoms with Gasteiger partial charge in [0, 0.05) is 18.9 Å². The van der Waals surface area contributed by atoms with Crippen molar-refractivity contribution in [2.75, 3.05) is 6.16 Å². The van der Waals surface area contributed by atoms with E-state index in [0.29, 0.717) is 0 Å². The maximum absolute atomic E-state index is 3.89. The molecule has 0 aliphatic heterocycles. The van der Waals surface area contributed by atoms with Gasteiger partial charge in [-0.05, 0) is 6.16 Å². The minimum Gasteiger partial charge on any atom is -0.337 e. The highest BCUT2D eigenvalue weighted by Gasteiger charge is 1.81. The van der Waals surface area contributed by atoms with Crippen molar-refractivity contribution in [3.05, 3.63) is 18.7 Å². The first kappa shape index (κ1) is 5.77. The summed E-state index contributed by atoms with van der Waals surface area (Å²) in [5, 5.41) is 0. The number of aryl methyl sites for hydroxylation is 1. The second-order valence-corrected chi connectivity index (χ2v) is 2.17. The van der Waals surface area contributed by atoms with Gasteiger partial charge in [0.2, 0.25) is 0 Å². The maximum atomic E-state index is 3.89. The molecule has 2 nitrogen and oxygen atoms in total. The lowest BCUT2D eigenvalue weighted by Gasteiger charge is -1.93. The Morgan fingerprint density at radius 3 is 3.00 bits per heavy atom. The molecule has 3 heteroatoms. The predicted octanol–water partition coefficient (Wildman–Crippen LogP) is 0.758. The van der Waals surface area contributed by atoms with Gasteiger partial charge in [0.05, 0.1) is 6.33 Å². The van der Waals surface area contributed by atoms with Crippen LogP contribution in [0.3, 0.4) is 0 Å². The number of aromatic nitrogens is 2. The third-order valence-electron chi connectivity index (χ3n) is 0.946. The van der Waals surface area contributed by atoms with Crippen LogP contribution in [0, 0.1) is 0 Å². The smallest absolute Gasteiger partial charge is 0.0946 e. The topological polar surface area (TPSA) is 17.8 Å². The highest BCUT2D eigenvalue weighted by molar-refractivity contribution is 7.16. The van der Waals surface area contributed by atoms with Crippen LogP contribution < -0.4 is 0 Å². The molecule has 0 spiro atoms. The minimum absolute atomic E-state index is 1.05. The molecule has 8 heavy (non-hydrogen) atoms. The minimum atomic E-state index is 1.05. The lowest BCUT2D eigenvalue weighted by Crippen LogP contribution is -1.93. The van der Waals surface area contributed by atoms with Crippen molar-refractivity contribution in [1.82, 2.24) is 9.55 Å². The van der Waals surface area contributed by atoms with Crippen LogP contribution in [-0.4, -0.2) is 15.7 Å². The highest BCUT2D eigenvalue weighted by Crippen LogP contribution is 1.88. The van der Waals surface area contributed by atoms with Crippen LogP contribution in [0.5, 0.6) is 0 Å². The van der Waals surface area contributed by atoms with Crippen molar-refractivity contribution in [2.24, 2.45) is 0 Å². The average molecular weight is 128 g/mol. The standard InChI is InChI=1S/C5H9N2P/c8-4-3-7-2-1-6-5-7/h1-2,5H,3-4,8H2. The lowest BCUT2D eigenvalue weighted by atomic mass is 10.7. The summed E-state index contributed by atoms with van der Waals surface area (Å²) in [7, 11) is 2.67. The Bertz CT molecular complexity index is 136. The summed E-state index contributed by atoms with van der Waals surface area (Å²) in [5.74, 6) is 0. The van der Waals surface area contributed by atoms with Crippen molar-refractivity contribution in [3.8, 4) is 0 Å². The fourth-order valence-corrected chi connectivity index (χ4v) is 0.866. The Balaban J connectivity index is 2.50. The molecule has 1 rings (SSSR count). The van der Waals surface area contributed by atoms with E-state index in [4.69, 9.17) is 0 Å². The average Bonchev–Trinajstić information content (AvgIpc) is 2.19. The third kappa shape index (κ3) is 1.31. The predicted molar refractivity (Wildman–Crippen MR) is 36.8 cm³/mol. The quantitative estimate of drug-likeness (QED) is 0.537. The van der Waals surface area contributed by atoms with Crippen LogP contribution in [0.25, 0.3) is 0 Å². The van der Waals surface area contributed by atoms with E-state index in [2.05, 4.69) is 14.2 Å². The summed E-state index contributed by atoms with van der Waals surface area (Å²) in [4.78, 5) is 3.89. The maximum Gasteiger partial charge on any atom is 0.0946 e. The van der Waals surface area contributed by atoms with Crippen LogP contribution >= 0.6 is 9.24 Å². The molecular weight excluding hydrogens is 119 g/mol. The van der Waals surface area contributed by atoms with E-state index in [0.717, 1.165) is 12.7 Å². The second-order valence-electron chi connectivity index (χ2n) is 1.59. The van der Waals surface area contributed by atoms with Crippen molar-refractivity contribution in [1.29, 1.82) is 0 Å². The molecule has 0 radical (unpaired) electrons. The van der Waals surface area contributed by atoms with Gasteiger partial charge in [-0.2, -0.15) is 0 Å². The normalized spacial score (nSPS) is 9.62. The number of hydrogen-bond donors (Lipinski definition) is 0. The summed E-state index contributed by atoms with van der Waals surface area (Å²) in [5.41, 5.74) is 0. The van der Waals surface area contributed by atoms with Crippen LogP contribution in [0.4, 0.5) is 0 Å².